The molecule has 0 spiro atoms. The van der Waals surface area contributed by atoms with Gasteiger partial charge < -0.3 is 0 Å². The lowest BCUT2D eigenvalue weighted by Gasteiger charge is -2.19. The lowest BCUT2D eigenvalue weighted by Crippen LogP contribution is -2.32. The van der Waals surface area contributed by atoms with Gasteiger partial charge in [-0.25, -0.2) is 5.01 Å². The third kappa shape index (κ3) is 2.18. The molecule has 0 radical (unpaired) electrons. The lowest BCUT2D eigenvalue weighted by atomic mass is 10.2. The molecule has 3 rings (SSSR count). The molecule has 0 N–H and O–H groups in total. The second-order valence-corrected chi connectivity index (χ2v) is 7.11. The highest BCUT2D eigenvalue weighted by Crippen LogP contribution is 2.37. The van der Waals surface area contributed by atoms with Gasteiger partial charge >= 0.3 is 0 Å². The SMILES string of the molecule is CC(C1CC1)N1N=C(c2ccc(Br)s2)CC1=O. The van der Waals surface area contributed by atoms with Crippen LogP contribution < -0.4 is 0 Å². The summed E-state index contributed by atoms with van der Waals surface area (Å²) in [7, 11) is 0. The van der Waals surface area contributed by atoms with E-state index in [4.69, 9.17) is 0 Å². The summed E-state index contributed by atoms with van der Waals surface area (Å²) < 4.78 is 1.08. The van der Waals surface area contributed by atoms with Crippen molar-refractivity contribution in [2.45, 2.75) is 32.2 Å². The Labute approximate surface area is 113 Å². The number of amides is 1. The van der Waals surface area contributed by atoms with E-state index in [-0.39, 0.29) is 11.9 Å². The van der Waals surface area contributed by atoms with E-state index in [9.17, 15) is 4.79 Å². The fourth-order valence-electron chi connectivity index (χ4n) is 2.15. The van der Waals surface area contributed by atoms with Gasteiger partial charge in [-0.3, -0.25) is 4.79 Å². The molecule has 2 heterocycles. The number of carbonyl (C=O) groups is 1. The van der Waals surface area contributed by atoms with Gasteiger partial charge in [0.1, 0.15) is 0 Å². The molecule has 1 amide bonds. The molecule has 1 aromatic rings. The molecule has 1 aromatic heterocycles. The van der Waals surface area contributed by atoms with E-state index >= 15 is 0 Å². The average molecular weight is 313 g/mol. The Morgan fingerprint density at radius 1 is 1.53 bits per heavy atom. The van der Waals surface area contributed by atoms with Crippen molar-refractivity contribution in [2.24, 2.45) is 11.0 Å². The number of hydrazone groups is 1. The van der Waals surface area contributed by atoms with Crippen molar-refractivity contribution in [2.75, 3.05) is 0 Å². The first-order valence-electron chi connectivity index (χ1n) is 5.80. The molecular weight excluding hydrogens is 300 g/mol. The summed E-state index contributed by atoms with van der Waals surface area (Å²) in [4.78, 5) is 13.0. The molecule has 3 nitrogen and oxygen atoms in total. The van der Waals surface area contributed by atoms with Gasteiger partial charge in [0.05, 0.1) is 26.8 Å². The maximum atomic E-state index is 11.9. The van der Waals surface area contributed by atoms with Gasteiger partial charge in [0.15, 0.2) is 0 Å². The predicted octanol–water partition coefficient (Wildman–Crippen LogP) is 3.25. The van der Waals surface area contributed by atoms with Crippen molar-refractivity contribution in [1.29, 1.82) is 0 Å². The standard InChI is InChI=1S/C12H13BrN2OS/c1-7(8-2-3-8)15-12(16)6-9(14-15)10-4-5-11(13)17-10/h4-5,7-8H,2-3,6H2,1H3. The largest absolute Gasteiger partial charge is 0.272 e. The molecule has 1 atom stereocenters. The van der Waals surface area contributed by atoms with Crippen LogP contribution in [0.5, 0.6) is 0 Å². The Morgan fingerprint density at radius 3 is 2.88 bits per heavy atom. The molecule has 2 aliphatic rings. The van der Waals surface area contributed by atoms with Gasteiger partial charge in [-0.15, -0.1) is 11.3 Å². The number of thiophene rings is 1. The van der Waals surface area contributed by atoms with Crippen LogP contribution in [0.15, 0.2) is 21.0 Å². The molecular formula is C12H13BrN2OS. The zero-order valence-corrected chi connectivity index (χ0v) is 11.9. The first kappa shape index (κ1) is 11.4. The van der Waals surface area contributed by atoms with Gasteiger partial charge in [-0.2, -0.15) is 5.10 Å². The topological polar surface area (TPSA) is 32.7 Å². The summed E-state index contributed by atoms with van der Waals surface area (Å²) in [6, 6.07) is 4.29. The van der Waals surface area contributed by atoms with E-state index < -0.39 is 0 Å². The molecule has 1 saturated carbocycles. The van der Waals surface area contributed by atoms with Crippen molar-refractivity contribution in [3.8, 4) is 0 Å². The summed E-state index contributed by atoms with van der Waals surface area (Å²) in [5.74, 6) is 0.807. The molecule has 0 saturated heterocycles. The zero-order chi connectivity index (χ0) is 12.0. The van der Waals surface area contributed by atoms with Crippen molar-refractivity contribution < 1.29 is 4.79 Å². The van der Waals surface area contributed by atoms with Crippen LogP contribution in [0.1, 0.15) is 31.1 Å². The maximum Gasteiger partial charge on any atom is 0.249 e. The summed E-state index contributed by atoms with van der Waals surface area (Å²) in [5, 5.41) is 6.20. The van der Waals surface area contributed by atoms with Gasteiger partial charge in [0, 0.05) is 0 Å². The first-order chi connectivity index (χ1) is 8.15. The minimum absolute atomic E-state index is 0.143. The Balaban J connectivity index is 1.83. The van der Waals surface area contributed by atoms with E-state index in [1.54, 1.807) is 16.3 Å². The summed E-state index contributed by atoms with van der Waals surface area (Å²) in [6.07, 6.45) is 2.92. The summed E-state index contributed by atoms with van der Waals surface area (Å²) >= 11 is 5.07. The van der Waals surface area contributed by atoms with Crippen molar-refractivity contribution in [3.05, 3.63) is 20.8 Å². The van der Waals surface area contributed by atoms with Crippen LogP contribution in [-0.4, -0.2) is 22.7 Å². The molecule has 0 bridgehead atoms. The fourth-order valence-corrected chi connectivity index (χ4v) is 3.52. The zero-order valence-electron chi connectivity index (χ0n) is 9.52. The summed E-state index contributed by atoms with van der Waals surface area (Å²) in [6.45, 7) is 2.10. The van der Waals surface area contributed by atoms with Crippen LogP contribution in [0, 0.1) is 5.92 Å². The Hall–Kier alpha value is -0.680. The van der Waals surface area contributed by atoms with Gasteiger partial charge in [0.25, 0.3) is 0 Å². The highest BCUT2D eigenvalue weighted by molar-refractivity contribution is 9.11. The van der Waals surface area contributed by atoms with Gasteiger partial charge in [-0.1, -0.05) is 0 Å². The number of hydrogen-bond acceptors (Lipinski definition) is 3. The third-order valence-corrected chi connectivity index (χ3v) is 5.02. The average Bonchev–Trinajstić information content (AvgIpc) is 2.95. The Kier molecular flexibility index (Phi) is 2.83. The van der Waals surface area contributed by atoms with Crippen LogP contribution in [0.2, 0.25) is 0 Å². The third-order valence-electron chi connectivity index (χ3n) is 3.35. The van der Waals surface area contributed by atoms with Crippen LogP contribution in [0.25, 0.3) is 0 Å². The Morgan fingerprint density at radius 2 is 2.29 bits per heavy atom. The van der Waals surface area contributed by atoms with E-state index in [0.717, 1.165) is 14.4 Å². The quantitative estimate of drug-likeness (QED) is 0.843. The number of halogens is 1. The number of rotatable bonds is 3. The van der Waals surface area contributed by atoms with Gasteiger partial charge in [-0.05, 0) is 53.7 Å². The highest BCUT2D eigenvalue weighted by atomic mass is 79.9. The molecule has 90 valence electrons. The Bertz CT molecular complexity index is 492. The number of nitrogens with zero attached hydrogens (tertiary/aromatic N) is 2. The number of carbonyl (C=O) groups excluding carboxylic acids is 1. The van der Waals surface area contributed by atoms with Crippen LogP contribution in [0.4, 0.5) is 0 Å². The molecule has 1 fully saturated rings. The highest BCUT2D eigenvalue weighted by Gasteiger charge is 2.37. The smallest absolute Gasteiger partial charge is 0.249 e. The monoisotopic (exact) mass is 312 g/mol. The molecule has 17 heavy (non-hydrogen) atoms. The molecule has 1 unspecified atom stereocenters. The molecule has 1 aliphatic carbocycles. The normalized spacial score (nSPS) is 21.9. The van der Waals surface area contributed by atoms with Crippen molar-refractivity contribution in [3.63, 3.8) is 0 Å². The molecule has 1 aliphatic heterocycles. The minimum atomic E-state index is 0.143. The van der Waals surface area contributed by atoms with Crippen molar-refractivity contribution >= 4 is 38.9 Å². The van der Waals surface area contributed by atoms with Crippen LogP contribution in [0.3, 0.4) is 0 Å². The van der Waals surface area contributed by atoms with Crippen LogP contribution in [-0.2, 0) is 4.79 Å². The number of hydrogen-bond donors (Lipinski definition) is 0. The fraction of sp³-hybridized carbons (Fsp3) is 0.500. The lowest BCUT2D eigenvalue weighted by molar-refractivity contribution is -0.130. The first-order valence-corrected chi connectivity index (χ1v) is 7.41. The van der Waals surface area contributed by atoms with Crippen molar-refractivity contribution in [1.82, 2.24) is 5.01 Å². The molecule has 0 aromatic carbocycles. The van der Waals surface area contributed by atoms with E-state index in [1.807, 2.05) is 12.1 Å². The van der Waals surface area contributed by atoms with Gasteiger partial charge in [0.2, 0.25) is 5.91 Å². The van der Waals surface area contributed by atoms with E-state index in [0.29, 0.717) is 12.3 Å². The minimum Gasteiger partial charge on any atom is -0.272 e. The predicted molar refractivity (Wildman–Crippen MR) is 72.2 cm³/mol. The van der Waals surface area contributed by atoms with E-state index in [2.05, 4.69) is 28.0 Å². The second kappa shape index (κ2) is 4.21. The van der Waals surface area contributed by atoms with Crippen LogP contribution >= 0.6 is 27.3 Å². The van der Waals surface area contributed by atoms with E-state index in [1.165, 1.54) is 12.8 Å². The molecule has 5 heteroatoms. The maximum absolute atomic E-state index is 11.9. The summed E-state index contributed by atoms with van der Waals surface area (Å²) in [5.41, 5.74) is 0.915. The second-order valence-electron chi connectivity index (χ2n) is 4.64.